The average molecular weight is 471 g/mol. The Balaban J connectivity index is 1.27. The van der Waals surface area contributed by atoms with Crippen LogP contribution in [0.2, 0.25) is 5.02 Å². The predicted octanol–water partition coefficient (Wildman–Crippen LogP) is 1.32. The van der Waals surface area contributed by atoms with Crippen LogP contribution in [0.25, 0.3) is 22.4 Å². The predicted molar refractivity (Wildman–Crippen MR) is 120 cm³/mol. The van der Waals surface area contributed by atoms with Gasteiger partial charge in [-0.15, -0.1) is 0 Å². The van der Waals surface area contributed by atoms with E-state index >= 15 is 0 Å². The molecule has 0 spiro atoms. The lowest BCUT2D eigenvalue weighted by Crippen LogP contribution is -2.37. The molecular weight excluding hydrogens is 450 g/mol. The van der Waals surface area contributed by atoms with Gasteiger partial charge in [-0.1, -0.05) is 27.6 Å². The van der Waals surface area contributed by atoms with E-state index in [0.29, 0.717) is 46.1 Å². The maximum Gasteiger partial charge on any atom is 0.252 e. The second kappa shape index (κ2) is 7.06. The Morgan fingerprint density at radius 1 is 1.38 bits per heavy atom. The van der Waals surface area contributed by atoms with Crippen LogP contribution in [0.1, 0.15) is 5.01 Å². The highest BCUT2D eigenvalue weighted by molar-refractivity contribution is 7.09. The SMILES string of the molecule is COc1nccc(-c2[nH]nc3nc(N4C[C@@H]5[C@H](C4)C5(CN)c4n[n+](C)cs4)cnc23)c1Cl. The number of piperidine rings is 1. The number of methoxy groups -OCH3 is 1. The number of hydrogen-bond acceptors (Lipinski definition) is 9. The van der Waals surface area contributed by atoms with Gasteiger partial charge in [0.05, 0.1) is 24.4 Å². The molecule has 32 heavy (non-hydrogen) atoms. The number of ether oxygens (including phenoxy) is 1. The molecule has 0 amide bonds. The molecule has 6 rings (SSSR count). The molecule has 1 saturated carbocycles. The molecule has 0 radical (unpaired) electrons. The largest absolute Gasteiger partial charge is 0.480 e. The Morgan fingerprint density at radius 2 is 2.19 bits per heavy atom. The average Bonchev–Trinajstić information content (AvgIpc) is 3.29. The van der Waals surface area contributed by atoms with Gasteiger partial charge in [0.2, 0.25) is 11.5 Å². The zero-order valence-corrected chi connectivity index (χ0v) is 19.1. The number of pyridine rings is 1. The molecule has 2 fully saturated rings. The normalized spacial score (nSPS) is 24.2. The Hall–Kier alpha value is -2.89. The van der Waals surface area contributed by atoms with Crippen molar-refractivity contribution in [3.05, 3.63) is 34.0 Å². The van der Waals surface area contributed by atoms with Crippen molar-refractivity contribution < 1.29 is 9.42 Å². The fraction of sp³-hybridized carbons (Fsp3) is 0.400. The number of halogens is 1. The van der Waals surface area contributed by atoms with E-state index in [1.165, 1.54) is 7.11 Å². The molecule has 4 aromatic heterocycles. The third-order valence-corrected chi connectivity index (χ3v) is 8.19. The standard InChI is InChI=1S/C20H21ClN9OS/c1-29-9-32-19(28-29)20(8-22)11-6-30(7-12(11)20)13-5-24-16-15(26-27-17(16)25-13)10-3-4-23-18(31-2)14(10)21/h3-5,9,11-12H,6-8,22H2,1-2H3,(H,25,26,27)/q+1/t11-,12+,20?. The minimum Gasteiger partial charge on any atom is -0.480 e. The van der Waals surface area contributed by atoms with E-state index in [0.717, 1.165) is 29.5 Å². The second-order valence-electron chi connectivity index (χ2n) is 8.25. The van der Waals surface area contributed by atoms with Crippen molar-refractivity contribution in [1.82, 2.24) is 30.2 Å². The Kier molecular flexibility index (Phi) is 4.36. The summed E-state index contributed by atoms with van der Waals surface area (Å²) in [4.78, 5) is 15.8. The highest BCUT2D eigenvalue weighted by Gasteiger charge is 2.70. The zero-order chi connectivity index (χ0) is 22.0. The van der Waals surface area contributed by atoms with E-state index in [9.17, 15) is 0 Å². The van der Waals surface area contributed by atoms with Crippen LogP contribution in [0, 0.1) is 11.8 Å². The van der Waals surface area contributed by atoms with Gasteiger partial charge >= 0.3 is 0 Å². The van der Waals surface area contributed by atoms with E-state index in [2.05, 4.69) is 30.2 Å². The van der Waals surface area contributed by atoms with Gasteiger partial charge in [0.15, 0.2) is 12.1 Å². The molecule has 2 aliphatic rings. The number of aryl methyl sites for hydroxylation is 1. The van der Waals surface area contributed by atoms with Crippen molar-refractivity contribution in [2.75, 3.05) is 31.6 Å². The summed E-state index contributed by atoms with van der Waals surface area (Å²) >= 11 is 8.13. The summed E-state index contributed by atoms with van der Waals surface area (Å²) in [5.74, 6) is 2.13. The lowest BCUT2D eigenvalue weighted by molar-refractivity contribution is -0.726. The Labute approximate surface area is 192 Å². The molecular formula is C20H21ClN9OS+. The smallest absolute Gasteiger partial charge is 0.252 e. The monoisotopic (exact) mass is 470 g/mol. The third-order valence-electron chi connectivity index (χ3n) is 6.73. The van der Waals surface area contributed by atoms with Crippen molar-refractivity contribution in [1.29, 1.82) is 0 Å². The van der Waals surface area contributed by atoms with E-state index in [1.807, 2.05) is 17.2 Å². The molecule has 5 heterocycles. The molecule has 1 saturated heterocycles. The van der Waals surface area contributed by atoms with Gasteiger partial charge in [0.25, 0.3) is 5.51 Å². The summed E-state index contributed by atoms with van der Waals surface area (Å²) in [6, 6.07) is 1.80. The first kappa shape index (κ1) is 19.8. The van der Waals surface area contributed by atoms with Gasteiger partial charge in [0.1, 0.15) is 16.4 Å². The van der Waals surface area contributed by atoms with Crippen LogP contribution in [0.15, 0.2) is 24.0 Å². The van der Waals surface area contributed by atoms with Crippen LogP contribution in [-0.4, -0.2) is 57.0 Å². The van der Waals surface area contributed by atoms with Gasteiger partial charge < -0.3 is 15.4 Å². The first-order chi connectivity index (χ1) is 15.6. The maximum absolute atomic E-state index is 6.44. The molecule has 12 heteroatoms. The molecule has 0 aromatic carbocycles. The third kappa shape index (κ3) is 2.68. The van der Waals surface area contributed by atoms with Crippen molar-refractivity contribution in [2.45, 2.75) is 5.41 Å². The molecule has 3 atom stereocenters. The first-order valence-electron chi connectivity index (χ1n) is 10.2. The lowest BCUT2D eigenvalue weighted by Gasteiger charge is -2.24. The van der Waals surface area contributed by atoms with Gasteiger partial charge in [0, 0.05) is 36.5 Å². The van der Waals surface area contributed by atoms with Gasteiger partial charge in [-0.05, 0) is 17.9 Å². The molecule has 1 aliphatic heterocycles. The maximum atomic E-state index is 6.44. The van der Waals surface area contributed by atoms with Gasteiger partial charge in [-0.3, -0.25) is 5.10 Å². The summed E-state index contributed by atoms with van der Waals surface area (Å²) < 4.78 is 7.09. The van der Waals surface area contributed by atoms with Crippen molar-refractivity contribution >= 4 is 39.9 Å². The minimum absolute atomic E-state index is 0.00336. The van der Waals surface area contributed by atoms with Crippen LogP contribution in [0.3, 0.4) is 0 Å². The number of rotatable bonds is 5. The Morgan fingerprint density at radius 3 is 2.88 bits per heavy atom. The topological polar surface area (TPSA) is 123 Å². The first-order valence-corrected chi connectivity index (χ1v) is 11.5. The number of fused-ring (bicyclic) bond motifs is 2. The summed E-state index contributed by atoms with van der Waals surface area (Å²) in [6.45, 7) is 2.39. The molecule has 10 nitrogen and oxygen atoms in total. The van der Waals surface area contributed by atoms with Gasteiger partial charge in [-0.25, -0.2) is 15.0 Å². The van der Waals surface area contributed by atoms with Crippen LogP contribution in [0.4, 0.5) is 5.82 Å². The number of nitrogens with two attached hydrogens (primary N) is 1. The van der Waals surface area contributed by atoms with Crippen LogP contribution >= 0.6 is 22.9 Å². The van der Waals surface area contributed by atoms with E-state index in [4.69, 9.17) is 27.1 Å². The second-order valence-corrected chi connectivity index (χ2v) is 9.46. The van der Waals surface area contributed by atoms with E-state index < -0.39 is 0 Å². The summed E-state index contributed by atoms with van der Waals surface area (Å²) in [5, 5.41) is 13.6. The van der Waals surface area contributed by atoms with Gasteiger partial charge in [-0.2, -0.15) is 5.10 Å². The number of nitrogens with zero attached hydrogens (tertiary/aromatic N) is 7. The highest BCUT2D eigenvalue weighted by atomic mass is 35.5. The van der Waals surface area contributed by atoms with Crippen LogP contribution < -0.4 is 20.1 Å². The molecule has 0 bridgehead atoms. The van der Waals surface area contributed by atoms with Crippen molar-refractivity contribution in [2.24, 2.45) is 24.6 Å². The lowest BCUT2D eigenvalue weighted by atomic mass is 10.0. The molecule has 1 aliphatic carbocycles. The number of anilines is 1. The fourth-order valence-electron chi connectivity index (χ4n) is 5.03. The molecule has 1 unspecified atom stereocenters. The number of aromatic nitrogens is 7. The number of nitrogens with one attached hydrogen (secondary N) is 1. The number of hydrogen-bond donors (Lipinski definition) is 2. The summed E-state index contributed by atoms with van der Waals surface area (Å²) in [7, 11) is 3.48. The van der Waals surface area contributed by atoms with Crippen molar-refractivity contribution in [3.8, 4) is 17.1 Å². The van der Waals surface area contributed by atoms with E-state index in [-0.39, 0.29) is 5.41 Å². The zero-order valence-electron chi connectivity index (χ0n) is 17.5. The van der Waals surface area contributed by atoms with Crippen LogP contribution in [0.5, 0.6) is 5.88 Å². The summed E-state index contributed by atoms with van der Waals surface area (Å²) in [5.41, 5.74) is 10.8. The summed E-state index contributed by atoms with van der Waals surface area (Å²) in [6.07, 6.45) is 3.43. The van der Waals surface area contributed by atoms with E-state index in [1.54, 1.807) is 29.8 Å². The minimum atomic E-state index is -0.00336. The fourth-order valence-corrected chi connectivity index (χ4v) is 6.40. The van der Waals surface area contributed by atoms with Crippen LogP contribution in [-0.2, 0) is 12.5 Å². The van der Waals surface area contributed by atoms with Crippen molar-refractivity contribution in [3.63, 3.8) is 0 Å². The molecule has 3 N–H and O–H groups in total. The molecule has 164 valence electrons. The number of H-pyrrole nitrogens is 1. The quantitative estimate of drug-likeness (QED) is 0.419. The highest BCUT2D eigenvalue weighted by Crippen LogP contribution is 2.63. The molecule has 4 aromatic rings. The Bertz CT molecular complexity index is 1330. The number of aromatic amines is 1.